The average molecular weight is 322 g/mol. The maximum atomic E-state index is 12.5. The lowest BCUT2D eigenvalue weighted by Gasteiger charge is -2.21. The second-order valence-corrected chi connectivity index (χ2v) is 6.14. The molecule has 0 saturated heterocycles. The summed E-state index contributed by atoms with van der Waals surface area (Å²) in [6.45, 7) is 3.76. The van der Waals surface area contributed by atoms with E-state index in [1.165, 1.54) is 0 Å². The highest BCUT2D eigenvalue weighted by atomic mass is 16.3. The number of nitrogens with one attached hydrogen (secondary N) is 1. The van der Waals surface area contributed by atoms with Crippen LogP contribution in [0.1, 0.15) is 37.3 Å². The molecule has 3 atom stereocenters. The van der Waals surface area contributed by atoms with Crippen LogP contribution in [0, 0.1) is 5.92 Å². The van der Waals surface area contributed by atoms with Crippen LogP contribution >= 0.6 is 0 Å². The largest absolute Gasteiger partial charge is 0.459 e. The van der Waals surface area contributed by atoms with Crippen LogP contribution in [0.15, 0.2) is 65.1 Å². The van der Waals surface area contributed by atoms with Gasteiger partial charge < -0.3 is 15.5 Å². The van der Waals surface area contributed by atoms with Crippen molar-refractivity contribution < 1.29 is 9.21 Å². The zero-order chi connectivity index (χ0) is 17.1. The third kappa shape index (κ3) is 3.34. The Morgan fingerprint density at radius 2 is 1.71 bits per heavy atom. The fourth-order valence-electron chi connectivity index (χ4n) is 2.76. The Morgan fingerprint density at radius 1 is 1.04 bits per heavy atom. The van der Waals surface area contributed by atoms with Gasteiger partial charge in [0.05, 0.1) is 12.0 Å². The molecule has 2 aromatic carbocycles. The Morgan fingerprint density at radius 3 is 2.42 bits per heavy atom. The van der Waals surface area contributed by atoms with Crippen LogP contribution in [0.25, 0.3) is 11.0 Å². The molecule has 1 amide bonds. The predicted molar refractivity (Wildman–Crippen MR) is 95.3 cm³/mol. The van der Waals surface area contributed by atoms with Crippen molar-refractivity contribution in [1.29, 1.82) is 0 Å². The zero-order valence-corrected chi connectivity index (χ0v) is 13.9. The van der Waals surface area contributed by atoms with E-state index in [0.717, 1.165) is 22.3 Å². The van der Waals surface area contributed by atoms with Crippen LogP contribution in [0.2, 0.25) is 0 Å². The summed E-state index contributed by atoms with van der Waals surface area (Å²) in [5.41, 5.74) is 8.01. The number of hydrogen-bond acceptors (Lipinski definition) is 3. The van der Waals surface area contributed by atoms with Crippen molar-refractivity contribution in [2.45, 2.75) is 25.9 Å². The van der Waals surface area contributed by atoms with Crippen molar-refractivity contribution in [3.05, 3.63) is 72.0 Å². The molecular weight excluding hydrogens is 300 g/mol. The minimum atomic E-state index is -0.339. The Bertz CT molecular complexity index is 793. The molecule has 3 aromatic rings. The average Bonchev–Trinajstić information content (AvgIpc) is 3.05. The first-order valence-corrected chi connectivity index (χ1v) is 8.15. The van der Waals surface area contributed by atoms with Crippen LogP contribution in [-0.2, 0) is 4.79 Å². The molecule has 0 radical (unpaired) electrons. The number of benzene rings is 2. The lowest BCUT2D eigenvalue weighted by Crippen LogP contribution is -2.36. The number of fused-ring (bicyclic) bond motifs is 1. The van der Waals surface area contributed by atoms with Crippen molar-refractivity contribution >= 4 is 16.9 Å². The highest BCUT2D eigenvalue weighted by molar-refractivity contribution is 5.80. The van der Waals surface area contributed by atoms with Gasteiger partial charge in [-0.25, -0.2) is 0 Å². The van der Waals surface area contributed by atoms with E-state index >= 15 is 0 Å². The molecule has 1 aromatic heterocycles. The Hall–Kier alpha value is -2.59. The van der Waals surface area contributed by atoms with Gasteiger partial charge in [-0.15, -0.1) is 0 Å². The SMILES string of the molecule is CC(NC(=O)C(C)C(N)c1ccccc1)c1cc2ccccc2o1. The summed E-state index contributed by atoms with van der Waals surface area (Å²) >= 11 is 0. The molecule has 0 spiro atoms. The summed E-state index contributed by atoms with van der Waals surface area (Å²) < 4.78 is 5.81. The lowest BCUT2D eigenvalue weighted by molar-refractivity contribution is -0.125. The summed E-state index contributed by atoms with van der Waals surface area (Å²) in [5.74, 6) is 0.323. The fraction of sp³-hybridized carbons (Fsp3) is 0.250. The molecule has 0 bridgehead atoms. The summed E-state index contributed by atoms with van der Waals surface area (Å²) in [6.07, 6.45) is 0. The van der Waals surface area contributed by atoms with Crippen LogP contribution in [0.3, 0.4) is 0 Å². The molecule has 124 valence electrons. The Kier molecular flexibility index (Phi) is 4.67. The minimum Gasteiger partial charge on any atom is -0.459 e. The van der Waals surface area contributed by atoms with E-state index in [1.807, 2.05) is 74.5 Å². The summed E-state index contributed by atoms with van der Waals surface area (Å²) in [4.78, 5) is 12.5. The summed E-state index contributed by atoms with van der Waals surface area (Å²) in [5, 5.41) is 4.03. The van der Waals surface area contributed by atoms with Crippen molar-refractivity contribution in [3.63, 3.8) is 0 Å². The summed E-state index contributed by atoms with van der Waals surface area (Å²) in [6, 6.07) is 18.9. The normalized spacial score (nSPS) is 15.0. The van der Waals surface area contributed by atoms with Crippen LogP contribution < -0.4 is 11.1 Å². The number of carbonyl (C=O) groups is 1. The lowest BCUT2D eigenvalue weighted by atomic mass is 9.94. The highest BCUT2D eigenvalue weighted by Gasteiger charge is 2.24. The predicted octanol–water partition coefficient (Wildman–Crippen LogP) is 3.95. The van der Waals surface area contributed by atoms with Gasteiger partial charge in [0.1, 0.15) is 11.3 Å². The van der Waals surface area contributed by atoms with Gasteiger partial charge in [0.25, 0.3) is 0 Å². The third-order valence-corrected chi connectivity index (χ3v) is 4.37. The van der Waals surface area contributed by atoms with E-state index in [1.54, 1.807) is 0 Å². The van der Waals surface area contributed by atoms with Gasteiger partial charge in [0, 0.05) is 11.4 Å². The fourth-order valence-corrected chi connectivity index (χ4v) is 2.76. The van der Waals surface area contributed by atoms with Crippen LogP contribution in [-0.4, -0.2) is 5.91 Å². The van der Waals surface area contributed by atoms with Gasteiger partial charge >= 0.3 is 0 Å². The van der Waals surface area contributed by atoms with E-state index in [0.29, 0.717) is 0 Å². The first-order chi connectivity index (χ1) is 11.6. The molecule has 24 heavy (non-hydrogen) atoms. The second-order valence-electron chi connectivity index (χ2n) is 6.14. The smallest absolute Gasteiger partial charge is 0.225 e. The quantitative estimate of drug-likeness (QED) is 0.747. The van der Waals surface area contributed by atoms with Gasteiger partial charge in [-0.2, -0.15) is 0 Å². The Labute approximate surface area is 141 Å². The monoisotopic (exact) mass is 322 g/mol. The number of para-hydroxylation sites is 1. The molecule has 1 heterocycles. The number of hydrogen-bond donors (Lipinski definition) is 2. The van der Waals surface area contributed by atoms with Crippen LogP contribution in [0.4, 0.5) is 0 Å². The maximum Gasteiger partial charge on any atom is 0.225 e. The molecule has 0 aliphatic rings. The first kappa shape index (κ1) is 16.3. The summed E-state index contributed by atoms with van der Waals surface area (Å²) in [7, 11) is 0. The standard InChI is InChI=1S/C20H22N2O2/c1-13(19(21)15-8-4-3-5-9-15)20(23)22-14(2)18-12-16-10-6-7-11-17(16)24-18/h3-14,19H,21H2,1-2H3,(H,22,23). The molecule has 0 aliphatic heterocycles. The molecule has 4 nitrogen and oxygen atoms in total. The molecule has 3 unspecified atom stereocenters. The van der Waals surface area contributed by atoms with Crippen molar-refractivity contribution in [3.8, 4) is 0 Å². The molecule has 4 heteroatoms. The van der Waals surface area contributed by atoms with E-state index in [4.69, 9.17) is 10.2 Å². The number of nitrogens with two attached hydrogens (primary N) is 1. The highest BCUT2D eigenvalue weighted by Crippen LogP contribution is 2.25. The maximum absolute atomic E-state index is 12.5. The van der Waals surface area contributed by atoms with Gasteiger partial charge in [-0.3, -0.25) is 4.79 Å². The zero-order valence-electron chi connectivity index (χ0n) is 13.9. The third-order valence-electron chi connectivity index (χ3n) is 4.37. The minimum absolute atomic E-state index is 0.0840. The molecule has 0 aliphatic carbocycles. The topological polar surface area (TPSA) is 68.3 Å². The Balaban J connectivity index is 1.69. The molecular formula is C20H22N2O2. The van der Waals surface area contributed by atoms with Gasteiger partial charge in [-0.1, -0.05) is 55.5 Å². The molecule has 3 N–H and O–H groups in total. The first-order valence-electron chi connectivity index (χ1n) is 8.15. The molecule has 0 saturated carbocycles. The van der Waals surface area contributed by atoms with Gasteiger partial charge in [0.15, 0.2) is 0 Å². The van der Waals surface area contributed by atoms with Crippen LogP contribution in [0.5, 0.6) is 0 Å². The number of furan rings is 1. The molecule has 3 rings (SSSR count). The second kappa shape index (κ2) is 6.89. The van der Waals surface area contributed by atoms with Gasteiger partial charge in [-0.05, 0) is 24.6 Å². The number of carbonyl (C=O) groups excluding carboxylic acids is 1. The molecule has 0 fully saturated rings. The number of rotatable bonds is 5. The van der Waals surface area contributed by atoms with E-state index in [2.05, 4.69) is 5.32 Å². The van der Waals surface area contributed by atoms with Crippen molar-refractivity contribution in [2.24, 2.45) is 11.7 Å². The van der Waals surface area contributed by atoms with Crippen molar-refractivity contribution in [2.75, 3.05) is 0 Å². The van der Waals surface area contributed by atoms with E-state index < -0.39 is 0 Å². The number of amides is 1. The van der Waals surface area contributed by atoms with E-state index in [9.17, 15) is 4.79 Å². The van der Waals surface area contributed by atoms with Gasteiger partial charge in [0.2, 0.25) is 5.91 Å². The van der Waals surface area contributed by atoms with E-state index in [-0.39, 0.29) is 23.9 Å². The van der Waals surface area contributed by atoms with Crippen molar-refractivity contribution in [1.82, 2.24) is 5.32 Å².